The predicted molar refractivity (Wildman–Crippen MR) is 127 cm³/mol. The molecule has 1 fully saturated rings. The summed E-state index contributed by atoms with van der Waals surface area (Å²) >= 11 is 4.62. The van der Waals surface area contributed by atoms with E-state index in [9.17, 15) is 9.59 Å². The van der Waals surface area contributed by atoms with Crippen LogP contribution >= 0.6 is 27.3 Å². The number of nitrogens with one attached hydrogen (secondary N) is 1. The maximum Gasteiger partial charge on any atom is 0.378 e. The number of aryl methyl sites for hydroxylation is 1. The molecule has 0 radical (unpaired) electrons. The smallest absolute Gasteiger partial charge is 0.378 e. The number of carbonyl (C=O) groups is 1. The van der Waals surface area contributed by atoms with Gasteiger partial charge in [0.15, 0.2) is 5.70 Å². The molecule has 33 heavy (non-hydrogen) atoms. The number of thiazole rings is 1. The molecule has 164 valence electrons. The van der Waals surface area contributed by atoms with Gasteiger partial charge in [-0.2, -0.15) is 5.11 Å². The molecule has 0 aliphatic carbocycles. The minimum absolute atomic E-state index is 0.167. The summed E-state index contributed by atoms with van der Waals surface area (Å²) in [5.41, 5.74) is 5.26. The van der Waals surface area contributed by atoms with E-state index >= 15 is 0 Å². The highest BCUT2D eigenvalue weighted by molar-refractivity contribution is 9.10. The second-order valence-corrected chi connectivity index (χ2v) is 8.78. The van der Waals surface area contributed by atoms with Crippen LogP contribution in [-0.2, 0) is 9.63 Å². The Kier molecular flexibility index (Phi) is 5.58. The molecule has 0 bridgehead atoms. The quantitative estimate of drug-likeness (QED) is 0.216. The van der Waals surface area contributed by atoms with E-state index in [1.807, 2.05) is 37.3 Å². The molecule has 0 saturated carbocycles. The molecule has 0 spiro atoms. The maximum atomic E-state index is 12.4. The van der Waals surface area contributed by atoms with Gasteiger partial charge < -0.3 is 9.25 Å². The molecule has 4 aromatic rings. The molecule has 2 aromatic heterocycles. The molecule has 0 amide bonds. The third-order valence-electron chi connectivity index (χ3n) is 4.76. The first-order valence-corrected chi connectivity index (χ1v) is 11.3. The van der Waals surface area contributed by atoms with Gasteiger partial charge in [0.05, 0.1) is 23.1 Å². The number of benzene rings is 2. The predicted octanol–water partition coefficient (Wildman–Crippen LogP) is 5.40. The minimum Gasteiger partial charge on any atom is -0.422 e. The highest BCUT2D eigenvalue weighted by Gasteiger charge is 2.29. The zero-order valence-electron chi connectivity index (χ0n) is 17.0. The first kappa shape index (κ1) is 21.2. The van der Waals surface area contributed by atoms with E-state index < -0.39 is 11.6 Å². The lowest BCUT2D eigenvalue weighted by atomic mass is 10.1. The molecular formula is C22H14BrN5O4S. The van der Waals surface area contributed by atoms with E-state index in [1.165, 1.54) is 22.5 Å². The monoisotopic (exact) mass is 523 g/mol. The third kappa shape index (κ3) is 4.33. The van der Waals surface area contributed by atoms with Crippen LogP contribution in [0, 0.1) is 6.92 Å². The number of hydrogen-bond acceptors (Lipinski definition) is 10. The Bertz CT molecular complexity index is 1490. The van der Waals surface area contributed by atoms with Gasteiger partial charge in [0.2, 0.25) is 5.13 Å². The lowest BCUT2D eigenvalue weighted by Crippen LogP contribution is -2.28. The van der Waals surface area contributed by atoms with Crippen molar-refractivity contribution in [3.63, 3.8) is 0 Å². The number of fused-ring (bicyclic) bond motifs is 1. The van der Waals surface area contributed by atoms with Gasteiger partial charge >= 0.3 is 11.6 Å². The highest BCUT2D eigenvalue weighted by Crippen LogP contribution is 2.28. The summed E-state index contributed by atoms with van der Waals surface area (Å²) in [4.78, 5) is 33.7. The molecular weight excluding hydrogens is 510 g/mol. The van der Waals surface area contributed by atoms with Crippen LogP contribution in [0.5, 0.6) is 0 Å². The number of azo groups is 1. The molecule has 11 heteroatoms. The molecule has 9 nitrogen and oxygen atoms in total. The van der Waals surface area contributed by atoms with Crippen LogP contribution in [0.4, 0.5) is 10.8 Å². The Hall–Kier alpha value is -3.67. The zero-order valence-corrected chi connectivity index (χ0v) is 19.4. The lowest BCUT2D eigenvalue weighted by Gasteiger charge is -2.14. The fraction of sp³-hybridized carbons (Fsp3) is 0.0455. The summed E-state index contributed by atoms with van der Waals surface area (Å²) in [6.07, 6.45) is 1.28. The van der Waals surface area contributed by atoms with Crippen LogP contribution in [0.2, 0.25) is 0 Å². The second-order valence-electron chi connectivity index (χ2n) is 7.03. The van der Waals surface area contributed by atoms with Gasteiger partial charge in [-0.05, 0) is 43.3 Å². The zero-order chi connectivity index (χ0) is 22.9. The number of nitrogens with zero attached hydrogens (tertiary/aromatic N) is 4. The number of rotatable bonds is 4. The number of hydrogen-bond donors (Lipinski definition) is 1. The van der Waals surface area contributed by atoms with E-state index in [0.717, 1.165) is 15.4 Å². The molecule has 0 atom stereocenters. The van der Waals surface area contributed by atoms with Crippen molar-refractivity contribution in [1.82, 2.24) is 10.6 Å². The maximum absolute atomic E-state index is 12.4. The van der Waals surface area contributed by atoms with Gasteiger partial charge in [0, 0.05) is 15.2 Å². The summed E-state index contributed by atoms with van der Waals surface area (Å²) in [6, 6.07) is 14.6. The van der Waals surface area contributed by atoms with Crippen molar-refractivity contribution in [2.24, 2.45) is 10.2 Å². The Morgan fingerprint density at radius 3 is 2.79 bits per heavy atom. The van der Waals surface area contributed by atoms with Gasteiger partial charge in [-0.15, -0.1) is 16.5 Å². The molecule has 1 saturated heterocycles. The molecule has 1 N–H and O–H groups in total. The van der Waals surface area contributed by atoms with Crippen molar-refractivity contribution >= 4 is 55.0 Å². The highest BCUT2D eigenvalue weighted by atomic mass is 79.9. The van der Waals surface area contributed by atoms with Gasteiger partial charge in [-0.25, -0.2) is 19.6 Å². The lowest BCUT2D eigenvalue weighted by molar-refractivity contribution is -0.140. The summed E-state index contributed by atoms with van der Waals surface area (Å²) in [7, 11) is 0. The topological polar surface area (TPSA) is 109 Å². The van der Waals surface area contributed by atoms with Crippen molar-refractivity contribution in [1.29, 1.82) is 0 Å². The largest absolute Gasteiger partial charge is 0.422 e. The number of anilines is 1. The number of aromatic nitrogens is 1. The fourth-order valence-corrected chi connectivity index (χ4v) is 4.14. The Morgan fingerprint density at radius 2 is 1.97 bits per heavy atom. The molecule has 5 rings (SSSR count). The van der Waals surface area contributed by atoms with Crippen LogP contribution in [0.25, 0.3) is 22.2 Å². The molecule has 2 aromatic carbocycles. The normalized spacial score (nSPS) is 15.2. The number of carbonyl (C=O) groups excluding carboxylic acids is 1. The van der Waals surface area contributed by atoms with E-state index in [0.29, 0.717) is 27.7 Å². The molecule has 1 aliphatic rings. The number of hydrazine groups is 1. The van der Waals surface area contributed by atoms with Crippen LogP contribution in [-0.4, -0.2) is 11.0 Å². The summed E-state index contributed by atoms with van der Waals surface area (Å²) in [5.74, 6) is -0.589. The first-order valence-electron chi connectivity index (χ1n) is 9.62. The third-order valence-corrected chi connectivity index (χ3v) is 5.98. The van der Waals surface area contributed by atoms with Gasteiger partial charge in [-0.3, -0.25) is 0 Å². The van der Waals surface area contributed by atoms with Crippen LogP contribution in [0.15, 0.2) is 89.7 Å². The SMILES string of the molecule is Cc1ccc(N2NOC(=O)C2=CN=Nc2nc(-c3cc4cc(Br)ccc4oc3=O)cs2)cc1. The number of halogens is 1. The van der Waals surface area contributed by atoms with E-state index in [1.54, 1.807) is 23.6 Å². The van der Waals surface area contributed by atoms with Crippen molar-refractivity contribution in [2.45, 2.75) is 6.92 Å². The first-order chi connectivity index (χ1) is 16.0. The van der Waals surface area contributed by atoms with Crippen molar-refractivity contribution in [2.75, 3.05) is 5.01 Å². The Labute approximate surface area is 199 Å². The van der Waals surface area contributed by atoms with Crippen LogP contribution in [0.1, 0.15) is 5.56 Å². The van der Waals surface area contributed by atoms with Crippen molar-refractivity contribution in [3.8, 4) is 11.3 Å². The van der Waals surface area contributed by atoms with E-state index in [4.69, 9.17) is 9.25 Å². The molecule has 3 heterocycles. The standard InChI is InChI=1S/C22H14BrN5O4S/c1-12-2-5-15(6-3-12)28-18(21(30)32-27-28)10-24-26-22-25-17(11-33-22)16-9-13-8-14(23)4-7-19(13)31-20(16)29/h2-11,27H,1H3. The molecule has 0 unspecified atom stereocenters. The van der Waals surface area contributed by atoms with Gasteiger partial charge in [0.1, 0.15) is 5.58 Å². The Morgan fingerprint density at radius 1 is 1.15 bits per heavy atom. The van der Waals surface area contributed by atoms with Gasteiger partial charge in [-0.1, -0.05) is 39.2 Å². The average molecular weight is 524 g/mol. The van der Waals surface area contributed by atoms with Crippen molar-refractivity contribution in [3.05, 3.63) is 86.3 Å². The average Bonchev–Trinajstić information content (AvgIpc) is 3.41. The Balaban J connectivity index is 1.40. The van der Waals surface area contributed by atoms with E-state index in [-0.39, 0.29) is 5.70 Å². The van der Waals surface area contributed by atoms with Crippen molar-refractivity contribution < 1.29 is 14.0 Å². The second kappa shape index (κ2) is 8.70. The minimum atomic E-state index is -0.589. The summed E-state index contributed by atoms with van der Waals surface area (Å²) in [5, 5.41) is 12.3. The van der Waals surface area contributed by atoms with E-state index in [2.05, 4.69) is 36.7 Å². The molecule has 1 aliphatic heterocycles. The van der Waals surface area contributed by atoms with Crippen LogP contribution in [0.3, 0.4) is 0 Å². The summed E-state index contributed by atoms with van der Waals surface area (Å²) in [6.45, 7) is 1.97. The van der Waals surface area contributed by atoms with Crippen LogP contribution < -0.4 is 16.2 Å². The summed E-state index contributed by atoms with van der Waals surface area (Å²) < 4.78 is 6.26. The van der Waals surface area contributed by atoms with Gasteiger partial charge in [0.25, 0.3) is 0 Å². The fourth-order valence-electron chi connectivity index (χ4n) is 3.12.